The second-order valence-electron chi connectivity index (χ2n) is 2.60. The smallest absolute Gasteiger partial charge is 0.346 e. The SMILES string of the molecule is Cl.O=C(NCC(F)(F)F)[C@H]1CSCN1. The van der Waals surface area contributed by atoms with E-state index in [0.29, 0.717) is 11.6 Å². The summed E-state index contributed by atoms with van der Waals surface area (Å²) in [7, 11) is 0. The highest BCUT2D eigenvalue weighted by Gasteiger charge is 2.30. The largest absolute Gasteiger partial charge is 0.405 e. The minimum atomic E-state index is -4.33. The van der Waals surface area contributed by atoms with Crippen LogP contribution in [0.2, 0.25) is 0 Å². The Morgan fingerprint density at radius 3 is 2.64 bits per heavy atom. The van der Waals surface area contributed by atoms with Crippen LogP contribution in [0, 0.1) is 0 Å². The van der Waals surface area contributed by atoms with Gasteiger partial charge in [-0.25, -0.2) is 0 Å². The Balaban J connectivity index is 0.00000169. The summed E-state index contributed by atoms with van der Waals surface area (Å²) in [5, 5.41) is 4.60. The summed E-state index contributed by atoms with van der Waals surface area (Å²) in [6, 6.07) is -0.479. The lowest BCUT2D eigenvalue weighted by molar-refractivity contribution is -0.139. The van der Waals surface area contributed by atoms with Gasteiger partial charge in [0.2, 0.25) is 5.91 Å². The number of alkyl halides is 3. The molecule has 0 aliphatic carbocycles. The summed E-state index contributed by atoms with van der Waals surface area (Å²) in [4.78, 5) is 11.0. The predicted molar refractivity (Wildman–Crippen MR) is 50.6 cm³/mol. The van der Waals surface area contributed by atoms with Crippen molar-refractivity contribution < 1.29 is 18.0 Å². The molecule has 3 nitrogen and oxygen atoms in total. The van der Waals surface area contributed by atoms with Gasteiger partial charge in [-0.05, 0) is 0 Å². The highest BCUT2D eigenvalue weighted by molar-refractivity contribution is 7.99. The minimum Gasteiger partial charge on any atom is -0.346 e. The molecule has 0 aromatic rings. The fourth-order valence-corrected chi connectivity index (χ4v) is 1.82. The first-order valence-corrected chi connectivity index (χ1v) is 4.80. The van der Waals surface area contributed by atoms with Crippen LogP contribution >= 0.6 is 24.2 Å². The van der Waals surface area contributed by atoms with E-state index in [1.54, 1.807) is 0 Å². The van der Waals surface area contributed by atoms with Crippen LogP contribution in [-0.2, 0) is 4.79 Å². The van der Waals surface area contributed by atoms with E-state index in [1.807, 2.05) is 5.32 Å². The Morgan fingerprint density at radius 1 is 1.57 bits per heavy atom. The molecular formula is C6H10ClF3N2OS. The van der Waals surface area contributed by atoms with Crippen molar-refractivity contribution in [2.45, 2.75) is 12.2 Å². The third-order valence-electron chi connectivity index (χ3n) is 1.50. The minimum absolute atomic E-state index is 0. The van der Waals surface area contributed by atoms with E-state index in [1.165, 1.54) is 11.8 Å². The Kier molecular flexibility index (Phi) is 5.61. The van der Waals surface area contributed by atoms with Gasteiger partial charge in [0.15, 0.2) is 0 Å². The van der Waals surface area contributed by atoms with Crippen LogP contribution in [0.5, 0.6) is 0 Å². The topological polar surface area (TPSA) is 41.1 Å². The van der Waals surface area contributed by atoms with Crippen molar-refractivity contribution in [3.63, 3.8) is 0 Å². The van der Waals surface area contributed by atoms with Gasteiger partial charge in [-0.3, -0.25) is 10.1 Å². The quantitative estimate of drug-likeness (QED) is 0.760. The van der Waals surface area contributed by atoms with E-state index in [-0.39, 0.29) is 12.4 Å². The number of rotatable bonds is 2. The molecule has 1 aliphatic rings. The summed E-state index contributed by atoms with van der Waals surface area (Å²) >= 11 is 1.49. The first-order valence-electron chi connectivity index (χ1n) is 3.64. The molecule has 0 aromatic carbocycles. The van der Waals surface area contributed by atoms with Gasteiger partial charge in [0, 0.05) is 11.6 Å². The summed E-state index contributed by atoms with van der Waals surface area (Å²) in [5.74, 6) is 0.565. The summed E-state index contributed by atoms with van der Waals surface area (Å²) in [6.07, 6.45) is -4.33. The average Bonchev–Trinajstić information content (AvgIpc) is 2.50. The number of hydrogen-bond acceptors (Lipinski definition) is 3. The molecular weight excluding hydrogens is 241 g/mol. The number of nitrogens with one attached hydrogen (secondary N) is 2. The summed E-state index contributed by atoms with van der Waals surface area (Å²) in [6.45, 7) is -1.26. The molecule has 0 unspecified atom stereocenters. The Bertz CT molecular complexity index is 196. The van der Waals surface area contributed by atoms with Crippen LogP contribution in [0.1, 0.15) is 0 Å². The molecule has 1 heterocycles. The lowest BCUT2D eigenvalue weighted by Crippen LogP contribution is -2.45. The zero-order valence-electron chi connectivity index (χ0n) is 7.06. The molecule has 0 aromatic heterocycles. The number of amides is 1. The normalized spacial score (nSPS) is 21.5. The molecule has 14 heavy (non-hydrogen) atoms. The molecule has 1 amide bonds. The Morgan fingerprint density at radius 2 is 2.21 bits per heavy atom. The van der Waals surface area contributed by atoms with Crippen molar-refractivity contribution >= 4 is 30.1 Å². The van der Waals surface area contributed by atoms with E-state index in [0.717, 1.165) is 0 Å². The van der Waals surface area contributed by atoms with Crippen LogP contribution in [0.15, 0.2) is 0 Å². The van der Waals surface area contributed by atoms with E-state index < -0.39 is 24.7 Å². The maximum Gasteiger partial charge on any atom is 0.405 e. The summed E-state index contributed by atoms with van der Waals surface area (Å²) in [5.41, 5.74) is 0. The molecule has 0 radical (unpaired) electrons. The highest BCUT2D eigenvalue weighted by Crippen LogP contribution is 2.13. The molecule has 0 bridgehead atoms. The van der Waals surface area contributed by atoms with Crippen LogP contribution in [0.3, 0.4) is 0 Å². The standard InChI is InChI=1S/C6H9F3N2OS.ClH/c7-6(8,9)2-10-5(12)4-1-13-3-11-4;/h4,11H,1-3H2,(H,10,12);1H/t4-;/m1./s1. The van der Waals surface area contributed by atoms with Crippen molar-refractivity contribution in [3.8, 4) is 0 Å². The first-order chi connectivity index (χ1) is 5.99. The molecule has 1 saturated heterocycles. The van der Waals surface area contributed by atoms with Gasteiger partial charge in [0.1, 0.15) is 6.54 Å². The Labute approximate surface area is 89.6 Å². The number of hydrogen-bond donors (Lipinski definition) is 2. The van der Waals surface area contributed by atoms with Crippen molar-refractivity contribution in [2.75, 3.05) is 18.2 Å². The molecule has 1 atom stereocenters. The van der Waals surface area contributed by atoms with Gasteiger partial charge in [-0.2, -0.15) is 13.2 Å². The van der Waals surface area contributed by atoms with Gasteiger partial charge in [-0.1, -0.05) is 0 Å². The van der Waals surface area contributed by atoms with Crippen molar-refractivity contribution in [3.05, 3.63) is 0 Å². The average molecular weight is 251 g/mol. The maximum atomic E-state index is 11.7. The third kappa shape index (κ3) is 4.92. The number of carbonyl (C=O) groups is 1. The fourth-order valence-electron chi connectivity index (χ4n) is 0.874. The predicted octanol–water partition coefficient (Wildman–Crippen LogP) is 0.749. The highest BCUT2D eigenvalue weighted by atomic mass is 35.5. The number of carbonyl (C=O) groups excluding carboxylic acids is 1. The molecule has 0 saturated carbocycles. The maximum absolute atomic E-state index is 11.7. The van der Waals surface area contributed by atoms with Crippen molar-refractivity contribution in [2.24, 2.45) is 0 Å². The Hall–Kier alpha value is -0.140. The van der Waals surface area contributed by atoms with Crippen molar-refractivity contribution in [1.82, 2.24) is 10.6 Å². The lowest BCUT2D eigenvalue weighted by Gasteiger charge is -2.11. The molecule has 1 rings (SSSR count). The van der Waals surface area contributed by atoms with Gasteiger partial charge >= 0.3 is 6.18 Å². The first kappa shape index (κ1) is 13.9. The molecule has 1 fully saturated rings. The van der Waals surface area contributed by atoms with Gasteiger partial charge in [-0.15, -0.1) is 24.2 Å². The van der Waals surface area contributed by atoms with E-state index >= 15 is 0 Å². The number of halogens is 4. The van der Waals surface area contributed by atoms with E-state index in [9.17, 15) is 18.0 Å². The monoisotopic (exact) mass is 250 g/mol. The molecule has 2 N–H and O–H groups in total. The number of thioether (sulfide) groups is 1. The molecule has 1 aliphatic heterocycles. The van der Waals surface area contributed by atoms with Gasteiger partial charge in [0.05, 0.1) is 6.04 Å². The summed E-state index contributed by atoms with van der Waals surface area (Å²) < 4.78 is 35.0. The van der Waals surface area contributed by atoms with Crippen LogP contribution < -0.4 is 10.6 Å². The van der Waals surface area contributed by atoms with E-state index in [2.05, 4.69) is 5.32 Å². The third-order valence-corrected chi connectivity index (χ3v) is 2.44. The van der Waals surface area contributed by atoms with Gasteiger partial charge < -0.3 is 5.32 Å². The zero-order chi connectivity index (χ0) is 9.90. The van der Waals surface area contributed by atoms with Gasteiger partial charge in [0.25, 0.3) is 0 Å². The fraction of sp³-hybridized carbons (Fsp3) is 0.833. The van der Waals surface area contributed by atoms with Crippen LogP contribution in [-0.4, -0.2) is 36.3 Å². The van der Waals surface area contributed by atoms with E-state index in [4.69, 9.17) is 0 Å². The van der Waals surface area contributed by atoms with Crippen LogP contribution in [0.4, 0.5) is 13.2 Å². The van der Waals surface area contributed by atoms with Crippen molar-refractivity contribution in [1.29, 1.82) is 0 Å². The zero-order valence-corrected chi connectivity index (χ0v) is 8.69. The van der Waals surface area contributed by atoms with Crippen LogP contribution in [0.25, 0.3) is 0 Å². The molecule has 84 valence electrons. The molecule has 0 spiro atoms. The second-order valence-corrected chi connectivity index (χ2v) is 3.64. The molecule has 8 heteroatoms. The second kappa shape index (κ2) is 5.67. The lowest BCUT2D eigenvalue weighted by atomic mass is 10.3.